The number of halogens is 4. The molecule has 0 aromatic heterocycles. The van der Waals surface area contributed by atoms with E-state index in [4.69, 9.17) is 0 Å². The van der Waals surface area contributed by atoms with Gasteiger partial charge in [0.1, 0.15) is 5.82 Å². The molecular weight excluding hydrogens is 258 g/mol. The molecule has 0 amide bonds. The van der Waals surface area contributed by atoms with Crippen LogP contribution in [0.3, 0.4) is 0 Å². The second kappa shape index (κ2) is 5.49. The molecule has 1 aromatic rings. The molecule has 0 bridgehead atoms. The Kier molecular flexibility index (Phi) is 4.13. The maximum atomic E-state index is 13.2. The van der Waals surface area contributed by atoms with E-state index in [9.17, 15) is 17.6 Å². The van der Waals surface area contributed by atoms with E-state index in [1.165, 1.54) is 0 Å². The maximum Gasteiger partial charge on any atom is 0.416 e. The van der Waals surface area contributed by atoms with Crippen LogP contribution >= 0.6 is 0 Å². The van der Waals surface area contributed by atoms with Gasteiger partial charge in [-0.1, -0.05) is 0 Å². The molecule has 19 heavy (non-hydrogen) atoms. The Bertz CT molecular complexity index is 434. The van der Waals surface area contributed by atoms with Crippen molar-refractivity contribution in [3.05, 3.63) is 35.1 Å². The summed E-state index contributed by atoms with van der Waals surface area (Å²) in [5.41, 5.74) is -0.616. The van der Waals surface area contributed by atoms with Gasteiger partial charge in [0.25, 0.3) is 0 Å². The minimum Gasteiger partial charge on any atom is -0.306 e. The highest BCUT2D eigenvalue weighted by atomic mass is 19.4. The highest BCUT2D eigenvalue weighted by Gasteiger charge is 2.34. The van der Waals surface area contributed by atoms with Gasteiger partial charge in [0.15, 0.2) is 0 Å². The molecule has 1 nitrogen and oxygen atoms in total. The SMILES string of the molecule is CN1CCC(Cc2cc(F)ccc2C(F)(F)F)CC1. The molecule has 1 heterocycles. The topological polar surface area (TPSA) is 3.24 Å². The Morgan fingerprint density at radius 2 is 1.84 bits per heavy atom. The highest BCUT2D eigenvalue weighted by Crippen LogP contribution is 2.34. The Hall–Kier alpha value is -1.10. The average Bonchev–Trinajstić information content (AvgIpc) is 2.30. The summed E-state index contributed by atoms with van der Waals surface area (Å²) in [6.07, 6.45) is -2.37. The lowest BCUT2D eigenvalue weighted by Gasteiger charge is -2.29. The van der Waals surface area contributed by atoms with E-state index in [1.807, 2.05) is 7.05 Å². The standard InChI is InChI=1S/C14H17F4N/c1-19-6-4-10(5-7-19)8-11-9-12(15)2-3-13(11)14(16,17)18/h2-3,9-10H,4-8H2,1H3. The van der Waals surface area contributed by atoms with Gasteiger partial charge in [-0.3, -0.25) is 0 Å². The van der Waals surface area contributed by atoms with E-state index >= 15 is 0 Å². The van der Waals surface area contributed by atoms with Crippen molar-refractivity contribution in [1.29, 1.82) is 0 Å². The van der Waals surface area contributed by atoms with Gasteiger partial charge in [-0.05, 0) is 69.1 Å². The number of benzene rings is 1. The van der Waals surface area contributed by atoms with Crippen molar-refractivity contribution in [2.75, 3.05) is 20.1 Å². The summed E-state index contributed by atoms with van der Waals surface area (Å²) in [7, 11) is 2.00. The van der Waals surface area contributed by atoms with Gasteiger partial charge in [-0.15, -0.1) is 0 Å². The van der Waals surface area contributed by atoms with Crippen LogP contribution in [0.5, 0.6) is 0 Å². The van der Waals surface area contributed by atoms with Gasteiger partial charge in [-0.2, -0.15) is 13.2 Å². The van der Waals surface area contributed by atoms with Gasteiger partial charge in [0.05, 0.1) is 5.56 Å². The molecule has 1 saturated heterocycles. The van der Waals surface area contributed by atoms with Crippen molar-refractivity contribution in [3.8, 4) is 0 Å². The summed E-state index contributed by atoms with van der Waals surface area (Å²) < 4.78 is 51.8. The minimum atomic E-state index is -4.41. The van der Waals surface area contributed by atoms with E-state index in [2.05, 4.69) is 4.90 Å². The smallest absolute Gasteiger partial charge is 0.306 e. The van der Waals surface area contributed by atoms with Crippen molar-refractivity contribution >= 4 is 0 Å². The van der Waals surface area contributed by atoms with Gasteiger partial charge in [-0.25, -0.2) is 4.39 Å². The van der Waals surface area contributed by atoms with Crippen LogP contribution in [-0.4, -0.2) is 25.0 Å². The van der Waals surface area contributed by atoms with Crippen LogP contribution in [0.1, 0.15) is 24.0 Å². The number of hydrogen-bond acceptors (Lipinski definition) is 1. The fraction of sp³-hybridized carbons (Fsp3) is 0.571. The number of piperidine rings is 1. The molecule has 0 atom stereocenters. The van der Waals surface area contributed by atoms with E-state index in [0.717, 1.165) is 44.1 Å². The van der Waals surface area contributed by atoms with E-state index in [-0.39, 0.29) is 11.5 Å². The van der Waals surface area contributed by atoms with Gasteiger partial charge in [0, 0.05) is 0 Å². The van der Waals surface area contributed by atoms with Crippen LogP contribution < -0.4 is 0 Å². The lowest BCUT2D eigenvalue weighted by atomic mass is 9.88. The quantitative estimate of drug-likeness (QED) is 0.743. The largest absolute Gasteiger partial charge is 0.416 e. The number of hydrogen-bond donors (Lipinski definition) is 0. The summed E-state index contributed by atoms with van der Waals surface area (Å²) in [5.74, 6) is -0.393. The number of likely N-dealkylation sites (tertiary alicyclic amines) is 1. The lowest BCUT2D eigenvalue weighted by Crippen LogP contribution is -2.31. The molecule has 0 N–H and O–H groups in total. The molecule has 0 spiro atoms. The number of rotatable bonds is 2. The second-order valence-corrected chi connectivity index (χ2v) is 5.25. The first-order valence-corrected chi connectivity index (χ1v) is 6.40. The fourth-order valence-electron chi connectivity index (χ4n) is 2.58. The molecule has 1 aliphatic rings. The van der Waals surface area contributed by atoms with E-state index < -0.39 is 17.6 Å². The Balaban J connectivity index is 2.17. The third-order valence-corrected chi connectivity index (χ3v) is 3.72. The van der Waals surface area contributed by atoms with E-state index in [1.54, 1.807) is 0 Å². The molecule has 0 aliphatic carbocycles. The monoisotopic (exact) mass is 275 g/mol. The molecular formula is C14H17F4N. The lowest BCUT2D eigenvalue weighted by molar-refractivity contribution is -0.138. The zero-order valence-electron chi connectivity index (χ0n) is 10.8. The Morgan fingerprint density at radius 1 is 1.21 bits per heavy atom. The average molecular weight is 275 g/mol. The first-order valence-electron chi connectivity index (χ1n) is 6.40. The maximum absolute atomic E-state index is 13.2. The zero-order valence-corrected chi connectivity index (χ0v) is 10.8. The van der Waals surface area contributed by atoms with Crippen molar-refractivity contribution < 1.29 is 17.6 Å². The van der Waals surface area contributed by atoms with Crippen LogP contribution in [0, 0.1) is 11.7 Å². The predicted molar refractivity (Wildman–Crippen MR) is 65.3 cm³/mol. The van der Waals surface area contributed by atoms with Gasteiger partial charge in [0.2, 0.25) is 0 Å². The zero-order chi connectivity index (χ0) is 14.0. The molecule has 1 fully saturated rings. The number of alkyl halides is 3. The van der Waals surface area contributed by atoms with E-state index in [0.29, 0.717) is 6.42 Å². The van der Waals surface area contributed by atoms with Crippen molar-refractivity contribution in [2.24, 2.45) is 5.92 Å². The summed E-state index contributed by atoms with van der Waals surface area (Å²) in [6, 6.07) is 2.75. The summed E-state index contributed by atoms with van der Waals surface area (Å²) in [5, 5.41) is 0. The molecule has 1 aliphatic heterocycles. The highest BCUT2D eigenvalue weighted by molar-refractivity contribution is 5.30. The van der Waals surface area contributed by atoms with Crippen LogP contribution in [0.25, 0.3) is 0 Å². The number of nitrogens with zero attached hydrogens (tertiary/aromatic N) is 1. The molecule has 0 unspecified atom stereocenters. The van der Waals surface area contributed by atoms with Crippen LogP contribution in [-0.2, 0) is 12.6 Å². The summed E-state index contributed by atoms with van der Waals surface area (Å²) in [6.45, 7) is 1.78. The molecule has 2 rings (SSSR count). The Labute approximate surface area is 110 Å². The Morgan fingerprint density at radius 3 is 2.42 bits per heavy atom. The first kappa shape index (κ1) is 14.3. The molecule has 5 heteroatoms. The van der Waals surface area contributed by atoms with Gasteiger partial charge >= 0.3 is 6.18 Å². The molecule has 0 saturated carbocycles. The molecule has 106 valence electrons. The van der Waals surface area contributed by atoms with Crippen molar-refractivity contribution in [2.45, 2.75) is 25.4 Å². The predicted octanol–water partition coefficient (Wildman–Crippen LogP) is 3.73. The third-order valence-electron chi connectivity index (χ3n) is 3.72. The van der Waals surface area contributed by atoms with Crippen LogP contribution in [0.2, 0.25) is 0 Å². The first-order chi connectivity index (χ1) is 8.86. The third kappa shape index (κ3) is 3.69. The van der Waals surface area contributed by atoms with Crippen molar-refractivity contribution in [3.63, 3.8) is 0 Å². The molecule has 1 aromatic carbocycles. The fourth-order valence-corrected chi connectivity index (χ4v) is 2.58. The van der Waals surface area contributed by atoms with Crippen molar-refractivity contribution in [1.82, 2.24) is 4.90 Å². The molecule has 0 radical (unpaired) electrons. The minimum absolute atomic E-state index is 0.0852. The normalized spacial score (nSPS) is 18.8. The summed E-state index contributed by atoms with van der Waals surface area (Å²) in [4.78, 5) is 2.16. The second-order valence-electron chi connectivity index (χ2n) is 5.25. The van der Waals surface area contributed by atoms with Gasteiger partial charge < -0.3 is 4.90 Å². The van der Waals surface area contributed by atoms with Crippen LogP contribution in [0.15, 0.2) is 18.2 Å². The summed E-state index contributed by atoms with van der Waals surface area (Å²) >= 11 is 0. The van der Waals surface area contributed by atoms with Crippen LogP contribution in [0.4, 0.5) is 17.6 Å².